The van der Waals surface area contributed by atoms with E-state index in [2.05, 4.69) is 4.98 Å². The summed E-state index contributed by atoms with van der Waals surface area (Å²) < 4.78 is 37.8. The first-order chi connectivity index (χ1) is 9.41. The van der Waals surface area contributed by atoms with E-state index in [1.54, 1.807) is 6.20 Å². The highest BCUT2D eigenvalue weighted by Gasteiger charge is 2.41. The second-order valence-electron chi connectivity index (χ2n) is 5.26. The number of halogens is 3. The van der Waals surface area contributed by atoms with Crippen molar-refractivity contribution in [1.29, 1.82) is 0 Å². The van der Waals surface area contributed by atoms with Gasteiger partial charge >= 0.3 is 6.18 Å². The fourth-order valence-corrected chi connectivity index (χ4v) is 2.48. The predicted molar refractivity (Wildman–Crippen MR) is 72.4 cm³/mol. The van der Waals surface area contributed by atoms with Gasteiger partial charge in [-0.3, -0.25) is 4.98 Å². The monoisotopic (exact) mass is 287 g/mol. The maximum Gasteiger partial charge on any atom is 0.391 e. The van der Waals surface area contributed by atoms with Crippen LogP contribution in [0.5, 0.6) is 0 Å². The van der Waals surface area contributed by atoms with Gasteiger partial charge in [-0.2, -0.15) is 13.2 Å². The molecule has 0 aliphatic carbocycles. The zero-order chi connectivity index (χ0) is 14.8. The minimum atomic E-state index is -4.07. The van der Waals surface area contributed by atoms with Gasteiger partial charge in [-0.1, -0.05) is 6.92 Å². The van der Waals surface area contributed by atoms with Crippen molar-refractivity contribution in [2.75, 3.05) is 18.0 Å². The van der Waals surface area contributed by atoms with E-state index in [-0.39, 0.29) is 18.9 Å². The molecule has 1 saturated heterocycles. The van der Waals surface area contributed by atoms with E-state index in [9.17, 15) is 13.2 Å². The van der Waals surface area contributed by atoms with Crippen LogP contribution >= 0.6 is 0 Å². The third-order valence-corrected chi connectivity index (χ3v) is 3.91. The molecule has 0 radical (unpaired) electrons. The number of anilines is 1. The molecule has 0 amide bonds. The Morgan fingerprint density at radius 3 is 2.45 bits per heavy atom. The number of aromatic nitrogens is 1. The number of nitrogens with two attached hydrogens (primary N) is 1. The highest BCUT2D eigenvalue weighted by molar-refractivity contribution is 5.45. The molecular formula is C14H20F3N3. The Morgan fingerprint density at radius 1 is 1.35 bits per heavy atom. The minimum absolute atomic E-state index is 0.0833. The number of piperidine rings is 1. The Labute approximate surface area is 117 Å². The maximum atomic E-state index is 12.6. The molecule has 0 aromatic carbocycles. The van der Waals surface area contributed by atoms with Crippen LogP contribution in [0.4, 0.5) is 18.9 Å². The Kier molecular flexibility index (Phi) is 4.52. The van der Waals surface area contributed by atoms with Crippen molar-refractivity contribution < 1.29 is 13.2 Å². The van der Waals surface area contributed by atoms with Crippen LogP contribution in [-0.2, 0) is 0 Å². The van der Waals surface area contributed by atoms with E-state index in [1.165, 1.54) is 0 Å². The van der Waals surface area contributed by atoms with Gasteiger partial charge in [-0.25, -0.2) is 0 Å². The number of hydrogen-bond acceptors (Lipinski definition) is 3. The Bertz CT molecular complexity index is 422. The van der Waals surface area contributed by atoms with E-state index >= 15 is 0 Å². The number of pyridine rings is 1. The normalized spacial score (nSPS) is 19.1. The molecule has 3 nitrogen and oxygen atoms in total. The Balaban J connectivity index is 1.97. The van der Waals surface area contributed by atoms with E-state index in [0.717, 1.165) is 17.8 Å². The van der Waals surface area contributed by atoms with Crippen molar-refractivity contribution >= 4 is 5.69 Å². The summed E-state index contributed by atoms with van der Waals surface area (Å²) in [5.41, 5.74) is 7.58. The molecule has 1 atom stereocenters. The van der Waals surface area contributed by atoms with Crippen LogP contribution in [0.2, 0.25) is 0 Å². The summed E-state index contributed by atoms with van der Waals surface area (Å²) in [4.78, 5) is 6.26. The third kappa shape index (κ3) is 3.42. The Hall–Kier alpha value is -1.30. The van der Waals surface area contributed by atoms with Crippen LogP contribution in [0.1, 0.15) is 37.9 Å². The first-order valence-corrected chi connectivity index (χ1v) is 6.95. The highest BCUT2D eigenvalue weighted by Crippen LogP contribution is 2.35. The van der Waals surface area contributed by atoms with E-state index in [4.69, 9.17) is 5.73 Å². The van der Waals surface area contributed by atoms with Crippen LogP contribution in [0.25, 0.3) is 0 Å². The maximum absolute atomic E-state index is 12.6. The predicted octanol–water partition coefficient (Wildman–Crippen LogP) is 3.27. The third-order valence-electron chi connectivity index (χ3n) is 3.91. The lowest BCUT2D eigenvalue weighted by molar-refractivity contribution is -0.179. The van der Waals surface area contributed by atoms with Crippen molar-refractivity contribution in [3.8, 4) is 0 Å². The van der Waals surface area contributed by atoms with Crippen molar-refractivity contribution in [2.24, 2.45) is 11.7 Å². The molecule has 2 rings (SSSR count). The largest absolute Gasteiger partial charge is 0.391 e. The summed E-state index contributed by atoms with van der Waals surface area (Å²) in [5, 5.41) is 0. The van der Waals surface area contributed by atoms with Gasteiger partial charge < -0.3 is 10.6 Å². The lowest BCUT2D eigenvalue weighted by Gasteiger charge is -2.34. The van der Waals surface area contributed by atoms with E-state index in [0.29, 0.717) is 13.1 Å². The van der Waals surface area contributed by atoms with E-state index < -0.39 is 12.1 Å². The standard InChI is InChI=1S/C14H20F3N3/c1-2-12(18)13-4-3-11(9-19-13)20-7-5-10(6-8-20)14(15,16)17/h3-4,9-10,12H,2,5-8,18H2,1H3. The molecule has 6 heteroatoms. The van der Waals surface area contributed by atoms with Gasteiger partial charge in [-0.05, 0) is 31.4 Å². The molecule has 20 heavy (non-hydrogen) atoms. The molecular weight excluding hydrogens is 267 g/mol. The fraction of sp³-hybridized carbons (Fsp3) is 0.643. The van der Waals surface area contributed by atoms with E-state index in [1.807, 2.05) is 24.0 Å². The van der Waals surface area contributed by atoms with Gasteiger partial charge in [0, 0.05) is 19.1 Å². The zero-order valence-corrected chi connectivity index (χ0v) is 11.5. The summed E-state index contributed by atoms with van der Waals surface area (Å²) in [5.74, 6) is -1.17. The lowest BCUT2D eigenvalue weighted by atomic mass is 9.96. The molecule has 1 aliphatic heterocycles. The molecule has 1 aromatic rings. The Morgan fingerprint density at radius 2 is 2.00 bits per heavy atom. The van der Waals surface area contributed by atoms with Gasteiger partial charge in [0.25, 0.3) is 0 Å². The van der Waals surface area contributed by atoms with Crippen LogP contribution in [-0.4, -0.2) is 24.2 Å². The summed E-state index contributed by atoms with van der Waals surface area (Å²) in [6, 6.07) is 3.67. The number of alkyl halides is 3. The first-order valence-electron chi connectivity index (χ1n) is 6.95. The number of rotatable bonds is 3. The molecule has 1 unspecified atom stereocenters. The van der Waals surface area contributed by atoms with Crippen LogP contribution < -0.4 is 10.6 Å². The van der Waals surface area contributed by atoms with Gasteiger partial charge in [0.1, 0.15) is 0 Å². The molecule has 1 aromatic heterocycles. The summed E-state index contributed by atoms with van der Waals surface area (Å²) in [7, 11) is 0. The smallest absolute Gasteiger partial charge is 0.370 e. The first kappa shape index (κ1) is 15.1. The average Bonchev–Trinajstić information content (AvgIpc) is 2.46. The van der Waals surface area contributed by atoms with Crippen molar-refractivity contribution in [3.05, 3.63) is 24.0 Å². The van der Waals surface area contributed by atoms with Crippen LogP contribution in [0.3, 0.4) is 0 Å². The van der Waals surface area contributed by atoms with Crippen molar-refractivity contribution in [3.63, 3.8) is 0 Å². The highest BCUT2D eigenvalue weighted by atomic mass is 19.4. The number of nitrogens with zero attached hydrogens (tertiary/aromatic N) is 2. The zero-order valence-electron chi connectivity index (χ0n) is 11.5. The minimum Gasteiger partial charge on any atom is -0.370 e. The van der Waals surface area contributed by atoms with Gasteiger partial charge in [0.05, 0.1) is 23.5 Å². The number of hydrogen-bond donors (Lipinski definition) is 1. The molecule has 2 N–H and O–H groups in total. The molecule has 0 saturated carbocycles. The molecule has 2 heterocycles. The second-order valence-corrected chi connectivity index (χ2v) is 5.26. The molecule has 0 bridgehead atoms. The van der Waals surface area contributed by atoms with Crippen LogP contribution in [0.15, 0.2) is 18.3 Å². The summed E-state index contributed by atoms with van der Waals surface area (Å²) >= 11 is 0. The summed E-state index contributed by atoms with van der Waals surface area (Å²) in [6.45, 7) is 2.83. The van der Waals surface area contributed by atoms with Crippen molar-refractivity contribution in [2.45, 2.75) is 38.4 Å². The van der Waals surface area contributed by atoms with Crippen molar-refractivity contribution in [1.82, 2.24) is 4.98 Å². The topological polar surface area (TPSA) is 42.1 Å². The quantitative estimate of drug-likeness (QED) is 0.927. The van der Waals surface area contributed by atoms with Gasteiger partial charge in [-0.15, -0.1) is 0 Å². The molecule has 1 aliphatic rings. The molecule has 1 fully saturated rings. The fourth-order valence-electron chi connectivity index (χ4n) is 2.48. The second kappa shape index (κ2) is 5.99. The SMILES string of the molecule is CCC(N)c1ccc(N2CCC(C(F)(F)F)CC2)cn1. The lowest BCUT2D eigenvalue weighted by Crippen LogP contribution is -2.39. The van der Waals surface area contributed by atoms with Crippen LogP contribution in [0, 0.1) is 5.92 Å². The van der Waals surface area contributed by atoms with Gasteiger partial charge in [0.2, 0.25) is 0 Å². The van der Waals surface area contributed by atoms with Gasteiger partial charge in [0.15, 0.2) is 0 Å². The molecule has 112 valence electrons. The average molecular weight is 287 g/mol. The summed E-state index contributed by atoms with van der Waals surface area (Å²) in [6.07, 6.45) is -1.25. The molecule has 0 spiro atoms.